The second-order valence-electron chi connectivity index (χ2n) is 3.98. The van der Waals surface area contributed by atoms with Crippen molar-refractivity contribution in [1.29, 1.82) is 0 Å². The Balaban J connectivity index is 0.00000112. The lowest BCUT2D eigenvalue weighted by atomic mass is 10.1. The number of nitrogens with one attached hydrogen (secondary N) is 1. The second-order valence-corrected chi connectivity index (χ2v) is 3.98. The molecule has 0 bridgehead atoms. The molecule has 0 radical (unpaired) electrons. The number of carbonyl (C=O) groups excluding carboxylic acids is 1. The van der Waals surface area contributed by atoms with E-state index in [9.17, 15) is 9.90 Å². The number of carbonyl (C=O) groups is 1. The van der Waals surface area contributed by atoms with Gasteiger partial charge >= 0.3 is 5.97 Å². The molecule has 2 fully saturated rings. The predicted molar refractivity (Wildman–Crippen MR) is 64.3 cm³/mol. The number of halogens is 2. The molecule has 0 spiro atoms. The van der Waals surface area contributed by atoms with Gasteiger partial charge in [0.1, 0.15) is 6.04 Å². The molecule has 0 saturated carbocycles. The molecule has 2 rings (SSSR count). The van der Waals surface area contributed by atoms with E-state index in [4.69, 9.17) is 0 Å². The molecule has 2 aliphatic heterocycles. The third-order valence-electron chi connectivity index (χ3n) is 3.01. The van der Waals surface area contributed by atoms with E-state index in [1.54, 1.807) is 0 Å². The minimum absolute atomic E-state index is 0. The molecular formula is C9H18Cl2N2O3. The lowest BCUT2D eigenvalue weighted by molar-refractivity contribution is -0.144. The van der Waals surface area contributed by atoms with Crippen molar-refractivity contribution in [3.8, 4) is 0 Å². The zero-order chi connectivity index (χ0) is 10.1. The monoisotopic (exact) mass is 272 g/mol. The van der Waals surface area contributed by atoms with E-state index < -0.39 is 0 Å². The van der Waals surface area contributed by atoms with Gasteiger partial charge in [0.25, 0.3) is 0 Å². The summed E-state index contributed by atoms with van der Waals surface area (Å²) < 4.78 is 4.67. The van der Waals surface area contributed by atoms with E-state index in [0.717, 1.165) is 13.0 Å². The standard InChI is InChI=1S/C9H16N2O3.2ClH/c1-14-9(13)8-5-11-4-7(12)2-6(11)3-10-8;;/h6-8,10,12H,2-5H2,1H3;2*1H/t6-,7-,8+;;/m1../s1. The van der Waals surface area contributed by atoms with Crippen molar-refractivity contribution >= 4 is 30.8 Å². The zero-order valence-corrected chi connectivity index (χ0v) is 10.7. The third-order valence-corrected chi connectivity index (χ3v) is 3.01. The van der Waals surface area contributed by atoms with Crippen molar-refractivity contribution < 1.29 is 14.6 Å². The van der Waals surface area contributed by atoms with Gasteiger partial charge in [-0.15, -0.1) is 24.8 Å². The third kappa shape index (κ3) is 3.21. The first-order valence-electron chi connectivity index (χ1n) is 4.94. The van der Waals surface area contributed by atoms with E-state index >= 15 is 0 Å². The Hall–Kier alpha value is -0.0700. The summed E-state index contributed by atoms with van der Waals surface area (Å²) >= 11 is 0. The fraction of sp³-hybridized carbons (Fsp3) is 0.889. The first kappa shape index (κ1) is 15.9. The van der Waals surface area contributed by atoms with E-state index in [2.05, 4.69) is 15.0 Å². The first-order chi connectivity index (χ1) is 6.70. The van der Waals surface area contributed by atoms with Crippen LogP contribution in [0.25, 0.3) is 0 Å². The topological polar surface area (TPSA) is 61.8 Å². The van der Waals surface area contributed by atoms with E-state index in [1.807, 2.05) is 0 Å². The zero-order valence-electron chi connectivity index (χ0n) is 9.09. The number of hydrogen-bond acceptors (Lipinski definition) is 5. The van der Waals surface area contributed by atoms with Gasteiger partial charge in [-0.3, -0.25) is 9.69 Å². The minimum Gasteiger partial charge on any atom is -0.468 e. The molecule has 7 heteroatoms. The van der Waals surface area contributed by atoms with Crippen LogP contribution in [0.5, 0.6) is 0 Å². The Bertz CT molecular complexity index is 243. The molecule has 16 heavy (non-hydrogen) atoms. The highest BCUT2D eigenvalue weighted by atomic mass is 35.5. The number of nitrogens with zero attached hydrogens (tertiary/aromatic N) is 1. The van der Waals surface area contributed by atoms with Gasteiger partial charge in [0.2, 0.25) is 0 Å². The summed E-state index contributed by atoms with van der Waals surface area (Å²) in [6.45, 7) is 2.09. The van der Waals surface area contributed by atoms with Crippen LogP contribution in [-0.2, 0) is 9.53 Å². The van der Waals surface area contributed by atoms with Crippen molar-refractivity contribution in [2.24, 2.45) is 0 Å². The van der Waals surface area contributed by atoms with Crippen LogP contribution < -0.4 is 5.32 Å². The van der Waals surface area contributed by atoms with E-state index in [-0.39, 0.29) is 42.9 Å². The highest BCUT2D eigenvalue weighted by Gasteiger charge is 2.38. The van der Waals surface area contributed by atoms with Crippen molar-refractivity contribution in [3.63, 3.8) is 0 Å². The molecule has 2 aliphatic rings. The number of rotatable bonds is 1. The summed E-state index contributed by atoms with van der Waals surface area (Å²) in [6, 6.07) is 0.146. The van der Waals surface area contributed by atoms with Crippen LogP contribution in [0, 0.1) is 0 Å². The summed E-state index contributed by atoms with van der Waals surface area (Å²) in [6.07, 6.45) is 0.569. The quantitative estimate of drug-likeness (QED) is 0.625. The van der Waals surface area contributed by atoms with Gasteiger partial charge in [0, 0.05) is 25.7 Å². The Morgan fingerprint density at radius 1 is 1.44 bits per heavy atom. The van der Waals surface area contributed by atoms with Crippen molar-refractivity contribution in [1.82, 2.24) is 10.2 Å². The molecule has 0 aliphatic carbocycles. The molecular weight excluding hydrogens is 255 g/mol. The number of fused-ring (bicyclic) bond motifs is 1. The van der Waals surface area contributed by atoms with Gasteiger partial charge in [0.15, 0.2) is 0 Å². The van der Waals surface area contributed by atoms with Gasteiger partial charge < -0.3 is 15.2 Å². The maximum Gasteiger partial charge on any atom is 0.324 e. The SMILES string of the molecule is COC(=O)[C@@H]1CN2C[C@H](O)C[C@@H]2CN1.Cl.Cl. The molecule has 0 amide bonds. The van der Waals surface area contributed by atoms with Crippen LogP contribution in [0.3, 0.4) is 0 Å². The van der Waals surface area contributed by atoms with Crippen LogP contribution >= 0.6 is 24.8 Å². The summed E-state index contributed by atoms with van der Waals surface area (Å²) in [7, 11) is 1.40. The maximum absolute atomic E-state index is 11.3. The van der Waals surface area contributed by atoms with Crippen molar-refractivity contribution in [2.45, 2.75) is 24.6 Å². The number of hydrogen-bond donors (Lipinski definition) is 2. The molecule has 2 heterocycles. The van der Waals surface area contributed by atoms with Crippen LogP contribution in [0.2, 0.25) is 0 Å². The summed E-state index contributed by atoms with van der Waals surface area (Å²) in [4.78, 5) is 13.4. The van der Waals surface area contributed by atoms with Crippen LogP contribution in [0.1, 0.15) is 6.42 Å². The summed E-state index contributed by atoms with van der Waals surface area (Å²) in [5.74, 6) is -0.218. The van der Waals surface area contributed by atoms with Crippen LogP contribution in [0.4, 0.5) is 0 Å². The van der Waals surface area contributed by atoms with Crippen molar-refractivity contribution in [3.05, 3.63) is 0 Å². The number of ether oxygens (including phenoxy) is 1. The lowest BCUT2D eigenvalue weighted by Crippen LogP contribution is -2.57. The van der Waals surface area contributed by atoms with Gasteiger partial charge in [-0.2, -0.15) is 0 Å². The first-order valence-corrected chi connectivity index (χ1v) is 4.94. The highest BCUT2D eigenvalue weighted by Crippen LogP contribution is 2.20. The molecule has 0 aromatic rings. The highest BCUT2D eigenvalue weighted by molar-refractivity contribution is 5.85. The molecule has 0 unspecified atom stereocenters. The fourth-order valence-corrected chi connectivity index (χ4v) is 2.27. The molecule has 0 aromatic carbocycles. The number of piperazine rings is 1. The Morgan fingerprint density at radius 3 is 2.75 bits per heavy atom. The second kappa shape index (κ2) is 6.61. The number of aliphatic hydroxyl groups excluding tert-OH is 1. The summed E-state index contributed by atoms with van der Waals surface area (Å²) in [5.41, 5.74) is 0. The predicted octanol–water partition coefficient (Wildman–Crippen LogP) is -0.590. The number of methoxy groups -OCH3 is 1. The molecule has 96 valence electrons. The van der Waals surface area contributed by atoms with Gasteiger partial charge in [-0.05, 0) is 6.42 Å². The number of aliphatic hydroxyl groups is 1. The van der Waals surface area contributed by atoms with Crippen LogP contribution in [-0.4, -0.2) is 60.9 Å². The Morgan fingerprint density at radius 2 is 2.12 bits per heavy atom. The van der Waals surface area contributed by atoms with Crippen LogP contribution in [0.15, 0.2) is 0 Å². The van der Waals surface area contributed by atoms with E-state index in [1.165, 1.54) is 7.11 Å². The average Bonchev–Trinajstić information content (AvgIpc) is 2.55. The molecule has 2 saturated heterocycles. The average molecular weight is 273 g/mol. The van der Waals surface area contributed by atoms with Gasteiger partial charge in [-0.25, -0.2) is 0 Å². The molecule has 0 aromatic heterocycles. The van der Waals surface area contributed by atoms with Gasteiger partial charge in [0.05, 0.1) is 13.2 Å². The van der Waals surface area contributed by atoms with E-state index in [0.29, 0.717) is 19.1 Å². The maximum atomic E-state index is 11.3. The normalized spacial score (nSPS) is 33.2. The molecule has 5 nitrogen and oxygen atoms in total. The largest absolute Gasteiger partial charge is 0.468 e. The molecule has 2 N–H and O–H groups in total. The Kier molecular flexibility index (Phi) is 6.58. The van der Waals surface area contributed by atoms with Crippen molar-refractivity contribution in [2.75, 3.05) is 26.7 Å². The number of esters is 1. The molecule has 3 atom stereocenters. The van der Waals surface area contributed by atoms with Gasteiger partial charge in [-0.1, -0.05) is 0 Å². The summed E-state index contributed by atoms with van der Waals surface area (Å²) in [5, 5.41) is 12.6. The Labute approximate surface area is 107 Å². The lowest BCUT2D eigenvalue weighted by Gasteiger charge is -2.34. The minimum atomic E-state index is -0.238. The smallest absolute Gasteiger partial charge is 0.324 e. The fourth-order valence-electron chi connectivity index (χ4n) is 2.27.